The van der Waals surface area contributed by atoms with Gasteiger partial charge < -0.3 is 15.6 Å². The van der Waals surface area contributed by atoms with Gasteiger partial charge in [0.25, 0.3) is 0 Å². The van der Waals surface area contributed by atoms with Crippen LogP contribution in [0.3, 0.4) is 0 Å². The quantitative estimate of drug-likeness (QED) is 0.855. The topological polar surface area (TPSA) is 72.5 Å². The van der Waals surface area contributed by atoms with Crippen molar-refractivity contribution in [2.24, 2.45) is 11.7 Å². The van der Waals surface area contributed by atoms with Crippen molar-refractivity contribution in [1.29, 1.82) is 0 Å². The summed E-state index contributed by atoms with van der Waals surface area (Å²) >= 11 is 0. The van der Waals surface area contributed by atoms with Crippen LogP contribution in [0.15, 0.2) is 42.5 Å². The summed E-state index contributed by atoms with van der Waals surface area (Å²) in [7, 11) is 0. The van der Waals surface area contributed by atoms with Gasteiger partial charge in [-0.3, -0.25) is 4.79 Å². The Hall–Kier alpha value is -2.33. The number of benzene rings is 2. The second kappa shape index (κ2) is 7.49. The van der Waals surface area contributed by atoms with Crippen molar-refractivity contribution in [3.05, 3.63) is 64.7 Å². The molecule has 2 aromatic carbocycles. The predicted octanol–water partition coefficient (Wildman–Crippen LogP) is 3.30. The third kappa shape index (κ3) is 4.15. The van der Waals surface area contributed by atoms with E-state index in [1.165, 1.54) is 11.1 Å². The van der Waals surface area contributed by atoms with E-state index in [1.54, 1.807) is 0 Å². The van der Waals surface area contributed by atoms with Gasteiger partial charge in [-0.05, 0) is 59.6 Å². The summed E-state index contributed by atoms with van der Waals surface area (Å²) in [6.07, 6.45) is 3.03. The molecule has 0 saturated carbocycles. The van der Waals surface area contributed by atoms with E-state index in [1.807, 2.05) is 24.3 Å². The Balaban J connectivity index is 1.63. The third-order valence-corrected chi connectivity index (χ3v) is 4.63. The summed E-state index contributed by atoms with van der Waals surface area (Å²) in [4.78, 5) is 10.9. The van der Waals surface area contributed by atoms with E-state index in [0.717, 1.165) is 36.1 Å². The number of aliphatic carboxylic acids is 1. The number of nitrogens with two attached hydrogens (primary N) is 1. The molecule has 0 radical (unpaired) electrons. The number of hydrogen-bond donors (Lipinski definition) is 2. The fraction of sp³-hybridized carbons (Fsp3) is 0.350. The van der Waals surface area contributed by atoms with Gasteiger partial charge in [0.05, 0.1) is 0 Å². The van der Waals surface area contributed by atoms with E-state index in [9.17, 15) is 4.79 Å². The van der Waals surface area contributed by atoms with Gasteiger partial charge >= 0.3 is 5.97 Å². The average molecular weight is 325 g/mol. The van der Waals surface area contributed by atoms with Crippen molar-refractivity contribution in [3.63, 3.8) is 0 Å². The van der Waals surface area contributed by atoms with Crippen molar-refractivity contribution in [1.82, 2.24) is 0 Å². The lowest BCUT2D eigenvalue weighted by molar-refractivity contribution is -0.138. The van der Waals surface area contributed by atoms with E-state index < -0.39 is 5.97 Å². The molecule has 0 aliphatic heterocycles. The molecule has 0 bridgehead atoms. The monoisotopic (exact) mass is 325 g/mol. The van der Waals surface area contributed by atoms with E-state index >= 15 is 0 Å². The third-order valence-electron chi connectivity index (χ3n) is 4.63. The minimum Gasteiger partial charge on any atom is -0.489 e. The zero-order chi connectivity index (χ0) is 16.9. The molecule has 3 N–H and O–H groups in total. The molecule has 0 aromatic heterocycles. The molecule has 1 aliphatic rings. The Labute approximate surface area is 142 Å². The van der Waals surface area contributed by atoms with Crippen LogP contribution >= 0.6 is 0 Å². The summed E-state index contributed by atoms with van der Waals surface area (Å²) < 4.78 is 5.84. The fourth-order valence-corrected chi connectivity index (χ4v) is 3.29. The standard InChI is InChI=1S/C20H23NO3/c21-12-14-3-7-19(8-4-14)24-13-16-2-6-17-5-1-15(11-20(22)23)9-18(17)10-16/h2-4,6-8,10,15H,1,5,9,11-13,21H2,(H,22,23). The summed E-state index contributed by atoms with van der Waals surface area (Å²) in [5.41, 5.74) is 10.4. The van der Waals surface area contributed by atoms with Crippen LogP contribution < -0.4 is 10.5 Å². The Morgan fingerprint density at radius 2 is 1.88 bits per heavy atom. The summed E-state index contributed by atoms with van der Waals surface area (Å²) in [5, 5.41) is 8.99. The van der Waals surface area contributed by atoms with Crippen LogP contribution in [0.25, 0.3) is 0 Å². The first-order chi connectivity index (χ1) is 11.6. The van der Waals surface area contributed by atoms with Gasteiger partial charge in [-0.2, -0.15) is 0 Å². The number of rotatable bonds is 6. The number of carbonyl (C=O) groups is 1. The maximum atomic E-state index is 10.9. The number of carboxylic acid groups (broad SMARTS) is 1. The van der Waals surface area contributed by atoms with Crippen molar-refractivity contribution >= 4 is 5.97 Å². The second-order valence-electron chi connectivity index (χ2n) is 6.45. The summed E-state index contributed by atoms with van der Waals surface area (Å²) in [6, 6.07) is 14.2. The molecule has 1 atom stereocenters. The minimum atomic E-state index is -0.705. The van der Waals surface area contributed by atoms with Crippen LogP contribution in [0.1, 0.15) is 35.1 Å². The van der Waals surface area contributed by atoms with E-state index in [2.05, 4.69) is 18.2 Å². The number of fused-ring (bicyclic) bond motifs is 1. The first-order valence-electron chi connectivity index (χ1n) is 8.38. The molecular formula is C20H23NO3. The smallest absolute Gasteiger partial charge is 0.303 e. The Morgan fingerprint density at radius 1 is 1.12 bits per heavy atom. The minimum absolute atomic E-state index is 0.245. The maximum Gasteiger partial charge on any atom is 0.303 e. The Kier molecular flexibility index (Phi) is 5.16. The summed E-state index contributed by atoms with van der Waals surface area (Å²) in [6.45, 7) is 1.04. The highest BCUT2D eigenvalue weighted by Crippen LogP contribution is 2.28. The van der Waals surface area contributed by atoms with Crippen LogP contribution in [0.2, 0.25) is 0 Å². The van der Waals surface area contributed by atoms with Gasteiger partial charge in [-0.25, -0.2) is 0 Å². The molecule has 0 heterocycles. The van der Waals surface area contributed by atoms with E-state index in [4.69, 9.17) is 15.6 Å². The maximum absolute atomic E-state index is 10.9. The second-order valence-corrected chi connectivity index (χ2v) is 6.45. The lowest BCUT2D eigenvalue weighted by Gasteiger charge is -2.24. The zero-order valence-electron chi connectivity index (χ0n) is 13.7. The van der Waals surface area contributed by atoms with Crippen molar-refractivity contribution in [2.75, 3.05) is 0 Å². The lowest BCUT2D eigenvalue weighted by atomic mass is 9.81. The fourth-order valence-electron chi connectivity index (χ4n) is 3.29. The summed E-state index contributed by atoms with van der Waals surface area (Å²) in [5.74, 6) is 0.368. The average Bonchev–Trinajstić information content (AvgIpc) is 2.59. The van der Waals surface area contributed by atoms with Crippen molar-refractivity contribution in [3.8, 4) is 5.75 Å². The van der Waals surface area contributed by atoms with E-state index in [0.29, 0.717) is 13.2 Å². The highest BCUT2D eigenvalue weighted by atomic mass is 16.5. The molecule has 2 aromatic rings. The van der Waals surface area contributed by atoms with Gasteiger partial charge in [-0.15, -0.1) is 0 Å². The zero-order valence-corrected chi connectivity index (χ0v) is 13.7. The van der Waals surface area contributed by atoms with Crippen molar-refractivity contribution in [2.45, 2.75) is 38.8 Å². The molecule has 1 unspecified atom stereocenters. The first-order valence-corrected chi connectivity index (χ1v) is 8.38. The number of hydrogen-bond acceptors (Lipinski definition) is 3. The normalized spacial score (nSPS) is 16.5. The van der Waals surface area contributed by atoms with Crippen LogP contribution in [-0.4, -0.2) is 11.1 Å². The van der Waals surface area contributed by atoms with Gasteiger partial charge in [0.2, 0.25) is 0 Å². The highest BCUT2D eigenvalue weighted by molar-refractivity contribution is 5.67. The molecule has 0 spiro atoms. The van der Waals surface area contributed by atoms with Gasteiger partial charge in [-0.1, -0.05) is 30.3 Å². The van der Waals surface area contributed by atoms with Crippen LogP contribution in [0.5, 0.6) is 5.75 Å². The predicted molar refractivity (Wildman–Crippen MR) is 92.9 cm³/mol. The van der Waals surface area contributed by atoms with Gasteiger partial charge in [0, 0.05) is 13.0 Å². The van der Waals surface area contributed by atoms with Crippen LogP contribution in [0, 0.1) is 5.92 Å². The van der Waals surface area contributed by atoms with Crippen LogP contribution in [-0.2, 0) is 30.8 Å². The molecule has 1 aliphatic carbocycles. The highest BCUT2D eigenvalue weighted by Gasteiger charge is 2.21. The molecule has 0 fully saturated rings. The lowest BCUT2D eigenvalue weighted by Crippen LogP contribution is -2.17. The molecule has 0 amide bonds. The Bertz CT molecular complexity index is 709. The number of carboxylic acids is 1. The Morgan fingerprint density at radius 3 is 2.58 bits per heavy atom. The SMILES string of the molecule is NCc1ccc(OCc2ccc3c(c2)CC(CC(=O)O)CC3)cc1. The molecule has 4 heteroatoms. The molecular weight excluding hydrogens is 302 g/mol. The molecule has 3 rings (SSSR count). The number of ether oxygens (including phenoxy) is 1. The molecule has 126 valence electrons. The largest absolute Gasteiger partial charge is 0.489 e. The van der Waals surface area contributed by atoms with Crippen molar-refractivity contribution < 1.29 is 14.6 Å². The molecule has 0 saturated heterocycles. The number of aryl methyl sites for hydroxylation is 1. The van der Waals surface area contributed by atoms with Gasteiger partial charge in [0.15, 0.2) is 0 Å². The van der Waals surface area contributed by atoms with Gasteiger partial charge in [0.1, 0.15) is 12.4 Å². The molecule has 4 nitrogen and oxygen atoms in total. The van der Waals surface area contributed by atoms with Crippen LogP contribution in [0.4, 0.5) is 0 Å². The first kappa shape index (κ1) is 16.5. The van der Waals surface area contributed by atoms with E-state index in [-0.39, 0.29) is 12.3 Å². The molecule has 24 heavy (non-hydrogen) atoms.